The Bertz CT molecular complexity index is 583. The quantitative estimate of drug-likeness (QED) is 0.870. The Morgan fingerprint density at radius 3 is 2.90 bits per heavy atom. The smallest absolute Gasteiger partial charge is 0.303 e. The van der Waals surface area contributed by atoms with Gasteiger partial charge in [0.1, 0.15) is 0 Å². The molecule has 1 aromatic rings. The van der Waals surface area contributed by atoms with Crippen molar-refractivity contribution in [1.29, 1.82) is 0 Å². The molecule has 0 aromatic heterocycles. The first-order chi connectivity index (χ1) is 9.95. The molecule has 1 amide bonds. The van der Waals surface area contributed by atoms with Crippen LogP contribution in [-0.2, 0) is 9.59 Å². The molecular weight excluding hydrogens is 290 g/mol. The van der Waals surface area contributed by atoms with Crippen LogP contribution in [0.4, 0.5) is 0 Å². The van der Waals surface area contributed by atoms with E-state index in [1.807, 2.05) is 25.1 Å². The third-order valence-corrected chi connectivity index (χ3v) is 4.08. The van der Waals surface area contributed by atoms with Gasteiger partial charge in [0.15, 0.2) is 0 Å². The SMILES string of the molecule is Cc1ccc(C=CC(=O)N2CCC(CC(=O)O)C2)cc1Cl. The van der Waals surface area contributed by atoms with Crippen molar-refractivity contribution in [3.05, 3.63) is 40.4 Å². The number of aryl methyl sites for hydroxylation is 1. The number of likely N-dealkylation sites (tertiary alicyclic amines) is 1. The van der Waals surface area contributed by atoms with Gasteiger partial charge < -0.3 is 10.0 Å². The molecule has 1 atom stereocenters. The molecule has 112 valence electrons. The van der Waals surface area contributed by atoms with Crippen molar-refractivity contribution in [2.45, 2.75) is 19.8 Å². The van der Waals surface area contributed by atoms with Crippen molar-refractivity contribution in [3.8, 4) is 0 Å². The number of aliphatic carboxylic acids is 1. The number of amides is 1. The van der Waals surface area contributed by atoms with Crippen LogP contribution in [0, 0.1) is 12.8 Å². The van der Waals surface area contributed by atoms with Gasteiger partial charge in [-0.05, 0) is 42.5 Å². The second-order valence-electron chi connectivity index (χ2n) is 5.38. The normalized spacial score (nSPS) is 18.4. The average molecular weight is 308 g/mol. The molecule has 0 aliphatic carbocycles. The number of rotatable bonds is 4. The van der Waals surface area contributed by atoms with Gasteiger partial charge in [0.05, 0.1) is 0 Å². The highest BCUT2D eigenvalue weighted by molar-refractivity contribution is 6.31. The summed E-state index contributed by atoms with van der Waals surface area (Å²) in [6.07, 6.45) is 4.13. The predicted molar refractivity (Wildman–Crippen MR) is 82.2 cm³/mol. The molecule has 1 N–H and O–H groups in total. The minimum absolute atomic E-state index is 0.0636. The second-order valence-corrected chi connectivity index (χ2v) is 5.79. The maximum atomic E-state index is 12.1. The molecule has 2 rings (SSSR count). The zero-order chi connectivity index (χ0) is 15.4. The van der Waals surface area contributed by atoms with E-state index in [2.05, 4.69) is 0 Å². The fourth-order valence-electron chi connectivity index (χ4n) is 2.43. The van der Waals surface area contributed by atoms with Crippen LogP contribution in [0.1, 0.15) is 24.0 Å². The molecule has 1 aromatic carbocycles. The predicted octanol–water partition coefficient (Wildman–Crippen LogP) is 2.98. The van der Waals surface area contributed by atoms with Gasteiger partial charge in [-0.1, -0.05) is 23.7 Å². The topological polar surface area (TPSA) is 57.6 Å². The average Bonchev–Trinajstić information content (AvgIpc) is 2.87. The van der Waals surface area contributed by atoms with Gasteiger partial charge in [0.25, 0.3) is 0 Å². The molecule has 1 aliphatic heterocycles. The second kappa shape index (κ2) is 6.76. The van der Waals surface area contributed by atoms with Crippen LogP contribution < -0.4 is 0 Å². The van der Waals surface area contributed by atoms with E-state index in [1.54, 1.807) is 11.0 Å². The van der Waals surface area contributed by atoms with Crippen LogP contribution in [0.2, 0.25) is 5.02 Å². The van der Waals surface area contributed by atoms with E-state index in [-0.39, 0.29) is 18.2 Å². The molecule has 1 unspecified atom stereocenters. The molecular formula is C16H18ClNO3. The van der Waals surface area contributed by atoms with Gasteiger partial charge in [-0.25, -0.2) is 0 Å². The van der Waals surface area contributed by atoms with E-state index in [0.717, 1.165) is 17.5 Å². The number of carboxylic acids is 1. The number of carbonyl (C=O) groups excluding carboxylic acids is 1. The van der Waals surface area contributed by atoms with Gasteiger partial charge in [-0.3, -0.25) is 9.59 Å². The van der Waals surface area contributed by atoms with Crippen LogP contribution in [0.5, 0.6) is 0 Å². The number of benzene rings is 1. The molecule has 0 spiro atoms. The third-order valence-electron chi connectivity index (χ3n) is 3.68. The Labute approximate surface area is 129 Å². The van der Waals surface area contributed by atoms with Gasteiger partial charge in [0.2, 0.25) is 5.91 Å². The van der Waals surface area contributed by atoms with Gasteiger partial charge >= 0.3 is 5.97 Å². The summed E-state index contributed by atoms with van der Waals surface area (Å²) >= 11 is 6.04. The first kappa shape index (κ1) is 15.6. The number of halogens is 1. The highest BCUT2D eigenvalue weighted by Gasteiger charge is 2.26. The highest BCUT2D eigenvalue weighted by atomic mass is 35.5. The number of nitrogens with zero attached hydrogens (tertiary/aromatic N) is 1. The van der Waals surface area contributed by atoms with Gasteiger partial charge in [-0.15, -0.1) is 0 Å². The van der Waals surface area contributed by atoms with Crippen LogP contribution in [0.3, 0.4) is 0 Å². The largest absolute Gasteiger partial charge is 0.481 e. The summed E-state index contributed by atoms with van der Waals surface area (Å²) in [6.45, 7) is 3.06. The highest BCUT2D eigenvalue weighted by Crippen LogP contribution is 2.21. The Morgan fingerprint density at radius 1 is 1.48 bits per heavy atom. The van der Waals surface area contributed by atoms with Crippen molar-refractivity contribution in [1.82, 2.24) is 4.90 Å². The van der Waals surface area contributed by atoms with E-state index in [1.165, 1.54) is 6.08 Å². The Kier molecular flexibility index (Phi) is 5.02. The van der Waals surface area contributed by atoms with E-state index < -0.39 is 5.97 Å². The van der Waals surface area contributed by atoms with Crippen molar-refractivity contribution >= 4 is 29.6 Å². The summed E-state index contributed by atoms with van der Waals surface area (Å²) < 4.78 is 0. The molecule has 0 saturated carbocycles. The molecule has 1 heterocycles. The summed E-state index contributed by atoms with van der Waals surface area (Å²) in [5.41, 5.74) is 1.87. The van der Waals surface area contributed by atoms with E-state index >= 15 is 0 Å². The van der Waals surface area contributed by atoms with E-state index in [9.17, 15) is 9.59 Å². The number of hydrogen-bond acceptors (Lipinski definition) is 2. The number of carboxylic acid groups (broad SMARTS) is 1. The van der Waals surface area contributed by atoms with Gasteiger partial charge in [0, 0.05) is 30.6 Å². The molecule has 1 fully saturated rings. The van der Waals surface area contributed by atoms with E-state index in [0.29, 0.717) is 18.1 Å². The molecule has 0 radical (unpaired) electrons. The summed E-state index contributed by atoms with van der Waals surface area (Å²) in [4.78, 5) is 24.4. The van der Waals surface area contributed by atoms with Crippen molar-refractivity contribution in [2.75, 3.05) is 13.1 Å². The maximum Gasteiger partial charge on any atom is 0.303 e. The van der Waals surface area contributed by atoms with Crippen molar-refractivity contribution < 1.29 is 14.7 Å². The standard InChI is InChI=1S/C16H18ClNO3/c1-11-2-3-12(8-14(11)17)4-5-15(19)18-7-6-13(10-18)9-16(20)21/h2-5,8,13H,6-7,9-10H2,1H3,(H,20,21). The number of carbonyl (C=O) groups is 2. The maximum absolute atomic E-state index is 12.1. The zero-order valence-corrected chi connectivity index (χ0v) is 12.6. The lowest BCUT2D eigenvalue weighted by atomic mass is 10.1. The van der Waals surface area contributed by atoms with E-state index in [4.69, 9.17) is 16.7 Å². The van der Waals surface area contributed by atoms with Crippen molar-refractivity contribution in [3.63, 3.8) is 0 Å². The Morgan fingerprint density at radius 2 is 2.24 bits per heavy atom. The Hall–Kier alpha value is -1.81. The first-order valence-corrected chi connectivity index (χ1v) is 7.28. The van der Waals surface area contributed by atoms with Crippen LogP contribution >= 0.6 is 11.6 Å². The summed E-state index contributed by atoms with van der Waals surface area (Å²) in [5.74, 6) is -0.826. The van der Waals surface area contributed by atoms with Crippen LogP contribution in [-0.4, -0.2) is 35.0 Å². The van der Waals surface area contributed by atoms with Gasteiger partial charge in [-0.2, -0.15) is 0 Å². The van der Waals surface area contributed by atoms with Crippen LogP contribution in [0.15, 0.2) is 24.3 Å². The lowest BCUT2D eigenvalue weighted by Gasteiger charge is -2.13. The lowest BCUT2D eigenvalue weighted by molar-refractivity contribution is -0.138. The van der Waals surface area contributed by atoms with Crippen molar-refractivity contribution in [2.24, 2.45) is 5.92 Å². The number of hydrogen-bond donors (Lipinski definition) is 1. The summed E-state index contributed by atoms with van der Waals surface area (Å²) in [7, 11) is 0. The first-order valence-electron chi connectivity index (χ1n) is 6.90. The molecule has 4 nitrogen and oxygen atoms in total. The monoisotopic (exact) mass is 307 g/mol. The Balaban J connectivity index is 1.94. The molecule has 21 heavy (non-hydrogen) atoms. The molecule has 0 bridgehead atoms. The molecule has 1 saturated heterocycles. The fraction of sp³-hybridized carbons (Fsp3) is 0.375. The molecule has 1 aliphatic rings. The zero-order valence-electron chi connectivity index (χ0n) is 11.9. The minimum Gasteiger partial charge on any atom is -0.481 e. The van der Waals surface area contributed by atoms with Crippen LogP contribution in [0.25, 0.3) is 6.08 Å². The molecule has 5 heteroatoms. The summed E-state index contributed by atoms with van der Waals surface area (Å²) in [5, 5.41) is 9.44. The minimum atomic E-state index is -0.806. The lowest BCUT2D eigenvalue weighted by Crippen LogP contribution is -2.27. The summed E-state index contributed by atoms with van der Waals surface area (Å²) in [6, 6.07) is 5.63. The third kappa shape index (κ3) is 4.33. The fourth-order valence-corrected chi connectivity index (χ4v) is 2.62.